The van der Waals surface area contributed by atoms with Crippen LogP contribution in [0.2, 0.25) is 0 Å². The highest BCUT2D eigenvalue weighted by molar-refractivity contribution is 14.0. The Morgan fingerprint density at radius 1 is 1.26 bits per heavy atom. The summed E-state index contributed by atoms with van der Waals surface area (Å²) in [6, 6.07) is 6.40. The number of hydrogen-bond acceptors (Lipinski definition) is 7. The molecule has 172 valence electrons. The van der Waals surface area contributed by atoms with Crippen molar-refractivity contribution in [2.24, 2.45) is 4.99 Å². The second-order valence-electron chi connectivity index (χ2n) is 7.53. The average Bonchev–Trinajstić information content (AvgIpc) is 3.40. The number of nitrogens with zero attached hydrogens (tertiary/aromatic N) is 4. The zero-order valence-corrected chi connectivity index (χ0v) is 22.0. The summed E-state index contributed by atoms with van der Waals surface area (Å²) in [7, 11) is 9.17. The van der Waals surface area contributed by atoms with Gasteiger partial charge in [-0.3, -0.25) is 9.89 Å². The summed E-state index contributed by atoms with van der Waals surface area (Å²) in [5.41, 5.74) is 2.21. The molecule has 0 saturated carbocycles. The Morgan fingerprint density at radius 3 is 2.55 bits per heavy atom. The van der Waals surface area contributed by atoms with Crippen LogP contribution in [0.1, 0.15) is 17.7 Å². The second kappa shape index (κ2) is 12.3. The van der Waals surface area contributed by atoms with Crippen LogP contribution in [0.15, 0.2) is 28.6 Å². The van der Waals surface area contributed by atoms with Crippen molar-refractivity contribution in [1.82, 2.24) is 20.5 Å². The van der Waals surface area contributed by atoms with Crippen molar-refractivity contribution in [3.63, 3.8) is 0 Å². The first-order chi connectivity index (χ1) is 14.5. The number of methoxy groups -OCH3 is 2. The molecule has 2 N–H and O–H groups in total. The molecular formula is C21H33IN6O2S. The minimum absolute atomic E-state index is 0. The van der Waals surface area contributed by atoms with Gasteiger partial charge in [-0.1, -0.05) is 0 Å². The number of rotatable bonds is 8. The first-order valence-electron chi connectivity index (χ1n) is 10.0. The Balaban J connectivity index is 0.00000341. The fraction of sp³-hybridized carbons (Fsp3) is 0.524. The van der Waals surface area contributed by atoms with Gasteiger partial charge in [0.25, 0.3) is 0 Å². The molecule has 3 rings (SSSR count). The van der Waals surface area contributed by atoms with Gasteiger partial charge in [0.2, 0.25) is 0 Å². The summed E-state index contributed by atoms with van der Waals surface area (Å²) in [4.78, 5) is 13.4. The molecule has 1 atom stereocenters. The van der Waals surface area contributed by atoms with Crippen molar-refractivity contribution in [3.8, 4) is 11.5 Å². The highest BCUT2D eigenvalue weighted by atomic mass is 127. The van der Waals surface area contributed by atoms with Gasteiger partial charge in [0.15, 0.2) is 11.1 Å². The molecule has 1 fully saturated rings. The number of aliphatic imine (C=N–C) groups is 1. The fourth-order valence-electron chi connectivity index (χ4n) is 3.46. The molecule has 1 aromatic carbocycles. The van der Waals surface area contributed by atoms with Gasteiger partial charge in [-0.25, -0.2) is 4.98 Å². The Morgan fingerprint density at radius 2 is 1.97 bits per heavy atom. The second-order valence-corrected chi connectivity index (χ2v) is 8.36. The SMILES string of the molecule is CN=C(NCc1csc(N(C)C)n1)NC1CCN(Cc2cc(OC)cc(OC)c2)C1.I. The van der Waals surface area contributed by atoms with Crippen molar-refractivity contribution in [1.29, 1.82) is 0 Å². The van der Waals surface area contributed by atoms with Crippen LogP contribution in [-0.2, 0) is 13.1 Å². The van der Waals surface area contributed by atoms with Crippen molar-refractivity contribution in [2.75, 3.05) is 53.4 Å². The van der Waals surface area contributed by atoms with Gasteiger partial charge >= 0.3 is 0 Å². The van der Waals surface area contributed by atoms with Crippen molar-refractivity contribution >= 4 is 46.4 Å². The molecule has 1 aliphatic rings. The van der Waals surface area contributed by atoms with Crippen LogP contribution in [0.5, 0.6) is 11.5 Å². The lowest BCUT2D eigenvalue weighted by atomic mass is 10.2. The maximum Gasteiger partial charge on any atom is 0.191 e. The van der Waals surface area contributed by atoms with E-state index in [4.69, 9.17) is 9.47 Å². The standard InChI is InChI=1S/C21H32N6O2S.HI/c1-22-20(23-11-17-14-30-21(25-17)26(2)3)24-16-6-7-27(13-16)12-15-8-18(28-4)10-19(9-15)29-5;/h8-10,14,16H,6-7,11-13H2,1-5H3,(H2,22,23,24);1H. The molecule has 0 radical (unpaired) electrons. The number of guanidine groups is 1. The average molecular weight is 561 g/mol. The topological polar surface area (TPSA) is 74.3 Å². The molecule has 1 saturated heterocycles. The van der Waals surface area contributed by atoms with E-state index in [2.05, 4.69) is 43.0 Å². The molecule has 1 aromatic heterocycles. The van der Waals surface area contributed by atoms with Gasteiger partial charge in [0.05, 0.1) is 26.5 Å². The quantitative estimate of drug-likeness (QED) is 0.292. The molecule has 0 spiro atoms. The van der Waals surface area contributed by atoms with E-state index in [9.17, 15) is 0 Å². The summed E-state index contributed by atoms with van der Waals surface area (Å²) < 4.78 is 10.8. The Kier molecular flexibility index (Phi) is 10.1. The monoisotopic (exact) mass is 560 g/mol. The van der Waals surface area contributed by atoms with E-state index in [0.717, 1.165) is 54.3 Å². The fourth-order valence-corrected chi connectivity index (χ4v) is 4.21. The highest BCUT2D eigenvalue weighted by Gasteiger charge is 2.23. The van der Waals surface area contributed by atoms with Gasteiger partial charge < -0.3 is 25.0 Å². The minimum Gasteiger partial charge on any atom is -0.497 e. The molecular weight excluding hydrogens is 527 g/mol. The molecule has 0 bridgehead atoms. The van der Waals surface area contributed by atoms with Crippen LogP contribution in [0, 0.1) is 0 Å². The van der Waals surface area contributed by atoms with E-state index < -0.39 is 0 Å². The van der Waals surface area contributed by atoms with Gasteiger partial charge in [-0.05, 0) is 24.1 Å². The number of ether oxygens (including phenoxy) is 2. The Bertz CT molecular complexity index is 838. The molecule has 31 heavy (non-hydrogen) atoms. The lowest BCUT2D eigenvalue weighted by Crippen LogP contribution is -2.44. The van der Waals surface area contributed by atoms with E-state index in [0.29, 0.717) is 12.6 Å². The van der Waals surface area contributed by atoms with Crippen molar-refractivity contribution < 1.29 is 9.47 Å². The summed E-state index contributed by atoms with van der Waals surface area (Å²) >= 11 is 1.65. The van der Waals surface area contributed by atoms with Crippen LogP contribution in [0.3, 0.4) is 0 Å². The number of thiazole rings is 1. The number of likely N-dealkylation sites (tertiary alicyclic amines) is 1. The molecule has 10 heteroatoms. The number of hydrogen-bond donors (Lipinski definition) is 2. The minimum atomic E-state index is 0. The van der Waals surface area contributed by atoms with Crippen molar-refractivity contribution in [2.45, 2.75) is 25.6 Å². The lowest BCUT2D eigenvalue weighted by molar-refractivity contribution is 0.321. The van der Waals surface area contributed by atoms with Gasteiger partial charge in [-0.2, -0.15) is 0 Å². The third-order valence-corrected chi connectivity index (χ3v) is 6.07. The molecule has 1 aliphatic heterocycles. The van der Waals surface area contributed by atoms with E-state index in [1.807, 2.05) is 25.1 Å². The summed E-state index contributed by atoms with van der Waals surface area (Å²) in [6.07, 6.45) is 1.07. The number of anilines is 1. The summed E-state index contributed by atoms with van der Waals surface area (Å²) in [5, 5.41) is 10.0. The van der Waals surface area contributed by atoms with E-state index in [1.54, 1.807) is 32.6 Å². The predicted molar refractivity (Wildman–Crippen MR) is 138 cm³/mol. The Hall–Kier alpha value is -1.79. The van der Waals surface area contributed by atoms with Crippen LogP contribution in [0.25, 0.3) is 0 Å². The van der Waals surface area contributed by atoms with Gasteiger partial charge in [0.1, 0.15) is 11.5 Å². The summed E-state index contributed by atoms with van der Waals surface area (Å²) in [6.45, 7) is 3.52. The first-order valence-corrected chi connectivity index (χ1v) is 10.9. The largest absolute Gasteiger partial charge is 0.497 e. The highest BCUT2D eigenvalue weighted by Crippen LogP contribution is 2.24. The van der Waals surface area contributed by atoms with Crippen LogP contribution >= 0.6 is 35.3 Å². The van der Waals surface area contributed by atoms with E-state index in [-0.39, 0.29) is 24.0 Å². The number of nitrogens with one attached hydrogen (secondary N) is 2. The molecule has 1 unspecified atom stereocenters. The van der Waals surface area contributed by atoms with E-state index >= 15 is 0 Å². The van der Waals surface area contributed by atoms with Crippen LogP contribution in [-0.4, -0.2) is 70.3 Å². The third-order valence-electron chi connectivity index (χ3n) is 5.01. The maximum absolute atomic E-state index is 5.39. The van der Waals surface area contributed by atoms with Gasteiger partial charge in [0, 0.05) is 58.3 Å². The van der Waals surface area contributed by atoms with Crippen LogP contribution in [0.4, 0.5) is 5.13 Å². The third kappa shape index (κ3) is 7.39. The predicted octanol–water partition coefficient (Wildman–Crippen LogP) is 2.78. The molecule has 8 nitrogen and oxygen atoms in total. The molecule has 2 aromatic rings. The smallest absolute Gasteiger partial charge is 0.191 e. The summed E-state index contributed by atoms with van der Waals surface area (Å²) in [5.74, 6) is 2.45. The molecule has 0 amide bonds. The number of aromatic nitrogens is 1. The zero-order chi connectivity index (χ0) is 21.5. The Labute approximate surface area is 206 Å². The number of halogens is 1. The van der Waals surface area contributed by atoms with Gasteiger partial charge in [-0.15, -0.1) is 35.3 Å². The normalized spacial score (nSPS) is 16.5. The number of benzene rings is 1. The maximum atomic E-state index is 5.39. The molecule has 2 heterocycles. The molecule has 0 aliphatic carbocycles. The lowest BCUT2D eigenvalue weighted by Gasteiger charge is -2.19. The van der Waals surface area contributed by atoms with E-state index in [1.165, 1.54) is 5.56 Å². The zero-order valence-electron chi connectivity index (χ0n) is 18.8. The van der Waals surface area contributed by atoms with Crippen molar-refractivity contribution in [3.05, 3.63) is 34.8 Å². The van der Waals surface area contributed by atoms with Crippen LogP contribution < -0.4 is 25.0 Å². The first kappa shape index (κ1) is 25.5.